The first-order valence-electron chi connectivity index (χ1n) is 2.91. The van der Waals surface area contributed by atoms with Crippen LogP contribution in [0.15, 0.2) is 28.4 Å². The molecular weight excluding hydrogens is 128 g/mol. The van der Waals surface area contributed by atoms with Gasteiger partial charge in [0.25, 0.3) is 0 Å². The summed E-state index contributed by atoms with van der Waals surface area (Å²) in [5.74, 6) is 0. The van der Waals surface area contributed by atoms with Crippen molar-refractivity contribution in [2.75, 3.05) is 0 Å². The minimum absolute atomic E-state index is 0.650. The molecule has 0 fully saturated rings. The minimum atomic E-state index is 0.650. The quantitative estimate of drug-likeness (QED) is 0.548. The highest BCUT2D eigenvalue weighted by atomic mass is 16.1. The summed E-state index contributed by atoms with van der Waals surface area (Å²) in [6.07, 6.45) is 0.800. The van der Waals surface area contributed by atoms with Gasteiger partial charge < -0.3 is 0 Å². The molecule has 0 aliphatic carbocycles. The van der Waals surface area contributed by atoms with E-state index in [2.05, 4.69) is 10.2 Å². The van der Waals surface area contributed by atoms with E-state index in [4.69, 9.17) is 0 Å². The Bertz CT molecular complexity index is 317. The largest absolute Gasteiger partial charge is 0.298 e. The van der Waals surface area contributed by atoms with Gasteiger partial charge in [0, 0.05) is 5.56 Å². The fourth-order valence-corrected chi connectivity index (χ4v) is 0.841. The molecule has 1 aliphatic rings. The fraction of sp³-hybridized carbons (Fsp3) is 0. The van der Waals surface area contributed by atoms with Crippen LogP contribution in [0.4, 0.5) is 11.4 Å². The molecule has 1 aromatic rings. The highest BCUT2D eigenvalue weighted by Crippen LogP contribution is 2.37. The Hall–Kier alpha value is -1.51. The molecule has 0 saturated carbocycles. The van der Waals surface area contributed by atoms with E-state index in [-0.39, 0.29) is 0 Å². The maximum absolute atomic E-state index is 10.2. The topological polar surface area (TPSA) is 41.8 Å². The number of rotatable bonds is 1. The Morgan fingerprint density at radius 3 is 2.50 bits per heavy atom. The van der Waals surface area contributed by atoms with Gasteiger partial charge in [0.15, 0.2) is 0 Å². The van der Waals surface area contributed by atoms with E-state index in [1.807, 2.05) is 0 Å². The van der Waals surface area contributed by atoms with Gasteiger partial charge >= 0.3 is 0 Å². The van der Waals surface area contributed by atoms with Crippen LogP contribution in [0.5, 0.6) is 0 Å². The number of carbonyl (C=O) groups is 1. The lowest BCUT2D eigenvalue weighted by atomic mass is 10.2. The van der Waals surface area contributed by atoms with Crippen LogP contribution < -0.4 is 0 Å². The van der Waals surface area contributed by atoms with Crippen LogP contribution in [0.1, 0.15) is 10.4 Å². The molecule has 2 rings (SSSR count). The van der Waals surface area contributed by atoms with Gasteiger partial charge in [0.05, 0.1) is 0 Å². The average molecular weight is 132 g/mol. The maximum atomic E-state index is 10.2. The summed E-state index contributed by atoms with van der Waals surface area (Å²) in [6, 6.07) is 5.23. The van der Waals surface area contributed by atoms with Gasteiger partial charge in [-0.3, -0.25) is 4.79 Å². The van der Waals surface area contributed by atoms with Gasteiger partial charge in [-0.05, 0) is 18.2 Å². The van der Waals surface area contributed by atoms with Gasteiger partial charge in [0.1, 0.15) is 17.7 Å². The number of nitrogens with zero attached hydrogens (tertiary/aromatic N) is 2. The zero-order valence-electron chi connectivity index (χ0n) is 5.11. The second-order valence-corrected chi connectivity index (χ2v) is 2.07. The summed E-state index contributed by atoms with van der Waals surface area (Å²) in [6.45, 7) is 0. The molecule has 3 heteroatoms. The number of benzene rings is 1. The zero-order chi connectivity index (χ0) is 6.97. The Labute approximate surface area is 57.4 Å². The van der Waals surface area contributed by atoms with Crippen molar-refractivity contribution in [1.82, 2.24) is 0 Å². The van der Waals surface area contributed by atoms with Crippen LogP contribution in [-0.2, 0) is 0 Å². The molecule has 0 N–H and O–H groups in total. The Morgan fingerprint density at radius 2 is 2.00 bits per heavy atom. The zero-order valence-corrected chi connectivity index (χ0v) is 5.11. The Morgan fingerprint density at radius 1 is 1.20 bits per heavy atom. The average Bonchev–Trinajstić information content (AvgIpc) is 1.92. The van der Waals surface area contributed by atoms with Crippen LogP contribution in [-0.4, -0.2) is 6.29 Å². The van der Waals surface area contributed by atoms with E-state index in [0.717, 1.165) is 17.7 Å². The van der Waals surface area contributed by atoms with E-state index < -0.39 is 0 Å². The number of hydrogen-bond donors (Lipinski definition) is 0. The highest BCUT2D eigenvalue weighted by molar-refractivity contribution is 5.80. The fourth-order valence-electron chi connectivity index (χ4n) is 0.841. The van der Waals surface area contributed by atoms with Crippen LogP contribution in [0.2, 0.25) is 0 Å². The van der Waals surface area contributed by atoms with Gasteiger partial charge in [-0.1, -0.05) is 0 Å². The summed E-state index contributed by atoms with van der Waals surface area (Å²) in [4.78, 5) is 10.2. The second kappa shape index (κ2) is 1.73. The molecule has 0 atom stereocenters. The van der Waals surface area contributed by atoms with Gasteiger partial charge in [-0.2, -0.15) is 0 Å². The van der Waals surface area contributed by atoms with E-state index in [0.29, 0.717) is 5.56 Å². The van der Waals surface area contributed by atoms with E-state index in [9.17, 15) is 4.79 Å². The molecule has 0 amide bonds. The summed E-state index contributed by atoms with van der Waals surface area (Å²) in [7, 11) is 0. The van der Waals surface area contributed by atoms with Crippen molar-refractivity contribution >= 4 is 17.7 Å². The normalized spacial score (nSPS) is 12.0. The molecule has 0 radical (unpaired) electrons. The highest BCUT2D eigenvalue weighted by Gasteiger charge is 2.08. The third kappa shape index (κ3) is 0.572. The monoisotopic (exact) mass is 132 g/mol. The number of fused-ring (bicyclic) bond motifs is 1. The van der Waals surface area contributed by atoms with Crippen LogP contribution in [0.3, 0.4) is 0 Å². The molecule has 0 bridgehead atoms. The molecule has 0 unspecified atom stereocenters. The Kier molecular flexibility index (Phi) is 0.917. The van der Waals surface area contributed by atoms with Crippen LogP contribution >= 0.6 is 0 Å². The lowest BCUT2D eigenvalue weighted by Gasteiger charge is -2.05. The first-order valence-corrected chi connectivity index (χ1v) is 2.91. The van der Waals surface area contributed by atoms with Crippen molar-refractivity contribution in [3.8, 4) is 0 Å². The molecule has 10 heavy (non-hydrogen) atoms. The third-order valence-electron chi connectivity index (χ3n) is 1.40. The number of aldehydes is 1. The molecule has 0 saturated heterocycles. The molecule has 1 aliphatic heterocycles. The Balaban J connectivity index is 2.56. The molecule has 1 aromatic carbocycles. The van der Waals surface area contributed by atoms with Gasteiger partial charge in [0.2, 0.25) is 0 Å². The molecule has 48 valence electrons. The van der Waals surface area contributed by atoms with E-state index in [1.165, 1.54) is 0 Å². The van der Waals surface area contributed by atoms with Crippen molar-refractivity contribution in [2.45, 2.75) is 0 Å². The summed E-state index contributed by atoms with van der Waals surface area (Å²) in [5, 5.41) is 7.42. The van der Waals surface area contributed by atoms with Crippen molar-refractivity contribution in [3.05, 3.63) is 23.8 Å². The first-order chi connectivity index (χ1) is 4.90. The molecular formula is C7H4N2O. The summed E-state index contributed by atoms with van der Waals surface area (Å²) in [5.41, 5.74) is 2.33. The van der Waals surface area contributed by atoms with E-state index >= 15 is 0 Å². The first kappa shape index (κ1) is 5.29. The smallest absolute Gasteiger partial charge is 0.150 e. The summed E-state index contributed by atoms with van der Waals surface area (Å²) >= 11 is 0. The number of carbonyl (C=O) groups excluding carboxylic acids is 1. The standard InChI is InChI=1S/C7H4N2O/c10-4-5-1-2-6-7(3-5)9-8-6/h1-4H. The number of azo groups is 1. The van der Waals surface area contributed by atoms with Crippen LogP contribution in [0, 0.1) is 0 Å². The van der Waals surface area contributed by atoms with Crippen molar-refractivity contribution in [1.29, 1.82) is 0 Å². The molecule has 0 aromatic heterocycles. The molecule has 1 heterocycles. The van der Waals surface area contributed by atoms with Crippen molar-refractivity contribution < 1.29 is 4.79 Å². The summed E-state index contributed by atoms with van der Waals surface area (Å²) < 4.78 is 0. The van der Waals surface area contributed by atoms with E-state index in [1.54, 1.807) is 18.2 Å². The third-order valence-corrected chi connectivity index (χ3v) is 1.40. The lowest BCUT2D eigenvalue weighted by molar-refractivity contribution is 0.112. The van der Waals surface area contributed by atoms with Crippen molar-refractivity contribution in [2.24, 2.45) is 10.2 Å². The predicted molar refractivity (Wildman–Crippen MR) is 36.0 cm³/mol. The predicted octanol–water partition coefficient (Wildman–Crippen LogP) is 2.23. The van der Waals surface area contributed by atoms with Gasteiger partial charge in [-0.25, -0.2) is 0 Å². The minimum Gasteiger partial charge on any atom is -0.298 e. The van der Waals surface area contributed by atoms with Gasteiger partial charge in [-0.15, -0.1) is 10.2 Å². The number of hydrogen-bond acceptors (Lipinski definition) is 3. The van der Waals surface area contributed by atoms with Crippen molar-refractivity contribution in [3.63, 3.8) is 0 Å². The molecule has 3 nitrogen and oxygen atoms in total. The molecule has 0 spiro atoms. The second-order valence-electron chi connectivity index (χ2n) is 2.07. The lowest BCUT2D eigenvalue weighted by Crippen LogP contribution is -1.81. The van der Waals surface area contributed by atoms with Crippen LogP contribution in [0.25, 0.3) is 0 Å². The maximum Gasteiger partial charge on any atom is 0.150 e. The SMILES string of the molecule is O=Cc1ccc2c(c1)N=N2.